The molecule has 6 heteroatoms. The van der Waals surface area contributed by atoms with Crippen LogP contribution < -0.4 is 9.47 Å². The summed E-state index contributed by atoms with van der Waals surface area (Å²) in [6.07, 6.45) is -0.936. The second kappa shape index (κ2) is 6.54. The van der Waals surface area contributed by atoms with Crippen molar-refractivity contribution >= 4 is 16.9 Å². The zero-order valence-corrected chi connectivity index (χ0v) is 12.8. The molecule has 5 nitrogen and oxygen atoms in total. The summed E-state index contributed by atoms with van der Waals surface area (Å²) in [5.41, 5.74) is 0.503. The van der Waals surface area contributed by atoms with Crippen molar-refractivity contribution in [2.75, 3.05) is 0 Å². The first-order valence-electron chi connectivity index (χ1n) is 7.25. The van der Waals surface area contributed by atoms with Gasteiger partial charge in [-0.05, 0) is 49.4 Å². The minimum atomic E-state index is -1.04. The molecule has 3 aromatic rings. The fraction of sp³-hybridized carbons (Fsp3) is 0.111. The highest BCUT2D eigenvalue weighted by Crippen LogP contribution is 2.25. The van der Waals surface area contributed by atoms with E-state index in [1.165, 1.54) is 19.1 Å². The Morgan fingerprint density at radius 3 is 2.46 bits per heavy atom. The number of benzene rings is 2. The van der Waals surface area contributed by atoms with Crippen LogP contribution in [0.3, 0.4) is 0 Å². The molecule has 1 aromatic heterocycles. The van der Waals surface area contributed by atoms with Gasteiger partial charge in [-0.3, -0.25) is 0 Å². The van der Waals surface area contributed by atoms with Crippen LogP contribution in [0, 0.1) is 5.82 Å². The third kappa shape index (κ3) is 3.60. The highest BCUT2D eigenvalue weighted by Gasteiger charge is 2.12. The highest BCUT2D eigenvalue weighted by molar-refractivity contribution is 5.79. The summed E-state index contributed by atoms with van der Waals surface area (Å²) in [6, 6.07) is 14.3. The van der Waals surface area contributed by atoms with E-state index < -0.39 is 12.1 Å². The van der Waals surface area contributed by atoms with E-state index in [0.717, 1.165) is 5.39 Å². The molecule has 1 atom stereocenters. The molecule has 0 spiro atoms. The van der Waals surface area contributed by atoms with Crippen LogP contribution in [-0.2, 0) is 4.79 Å². The SMILES string of the molecule is C[C@@H](Oc1ccc(Oc2ccc3ccc(F)cc3n2)cc1)C(=O)O. The Bertz CT molecular complexity index is 880. The van der Waals surface area contributed by atoms with Gasteiger partial charge in [-0.1, -0.05) is 0 Å². The number of carbonyl (C=O) groups is 1. The van der Waals surface area contributed by atoms with E-state index in [2.05, 4.69) is 4.98 Å². The van der Waals surface area contributed by atoms with E-state index in [9.17, 15) is 9.18 Å². The van der Waals surface area contributed by atoms with Gasteiger partial charge in [0.25, 0.3) is 0 Å². The van der Waals surface area contributed by atoms with Gasteiger partial charge >= 0.3 is 5.97 Å². The summed E-state index contributed by atoms with van der Waals surface area (Å²) in [7, 11) is 0. The fourth-order valence-corrected chi connectivity index (χ4v) is 2.09. The molecule has 0 bridgehead atoms. The van der Waals surface area contributed by atoms with Crippen LogP contribution in [0.5, 0.6) is 17.4 Å². The third-order valence-corrected chi connectivity index (χ3v) is 3.34. The standard InChI is InChI=1S/C18H14FNO4/c1-11(18(21)22)23-14-5-7-15(8-6-14)24-17-9-3-12-2-4-13(19)10-16(12)20-17/h2-11H,1H3,(H,21,22)/t11-/m1/s1. The molecule has 3 rings (SSSR count). The van der Waals surface area contributed by atoms with Gasteiger partial charge in [0, 0.05) is 17.5 Å². The van der Waals surface area contributed by atoms with Crippen LogP contribution in [0.2, 0.25) is 0 Å². The zero-order chi connectivity index (χ0) is 17.1. The molecular formula is C18H14FNO4. The maximum absolute atomic E-state index is 13.3. The number of rotatable bonds is 5. The molecule has 122 valence electrons. The molecule has 0 amide bonds. The lowest BCUT2D eigenvalue weighted by molar-refractivity contribution is -0.144. The van der Waals surface area contributed by atoms with Gasteiger partial charge in [0.2, 0.25) is 5.88 Å². The number of carboxylic acids is 1. The number of hydrogen-bond donors (Lipinski definition) is 1. The van der Waals surface area contributed by atoms with Crippen LogP contribution in [0.15, 0.2) is 54.6 Å². The van der Waals surface area contributed by atoms with E-state index in [-0.39, 0.29) is 5.82 Å². The quantitative estimate of drug-likeness (QED) is 0.766. The van der Waals surface area contributed by atoms with Crippen molar-refractivity contribution < 1.29 is 23.8 Å². The predicted octanol–water partition coefficient (Wildman–Crippen LogP) is 4.02. The van der Waals surface area contributed by atoms with E-state index in [0.29, 0.717) is 22.9 Å². The molecule has 24 heavy (non-hydrogen) atoms. The smallest absolute Gasteiger partial charge is 0.344 e. The molecule has 0 saturated carbocycles. The molecule has 1 heterocycles. The van der Waals surface area contributed by atoms with Crippen molar-refractivity contribution in [3.63, 3.8) is 0 Å². The number of ether oxygens (including phenoxy) is 2. The Kier molecular flexibility index (Phi) is 4.29. The predicted molar refractivity (Wildman–Crippen MR) is 85.9 cm³/mol. The monoisotopic (exact) mass is 327 g/mol. The molecule has 0 radical (unpaired) electrons. The Morgan fingerprint density at radius 2 is 1.75 bits per heavy atom. The minimum absolute atomic E-state index is 0.334. The lowest BCUT2D eigenvalue weighted by atomic mass is 10.2. The first-order valence-corrected chi connectivity index (χ1v) is 7.25. The summed E-state index contributed by atoms with van der Waals surface area (Å²) in [5, 5.41) is 9.63. The Labute approximate surface area is 137 Å². The van der Waals surface area contributed by atoms with Crippen LogP contribution >= 0.6 is 0 Å². The minimum Gasteiger partial charge on any atom is -0.479 e. The number of fused-ring (bicyclic) bond motifs is 1. The van der Waals surface area contributed by atoms with Gasteiger partial charge in [0.05, 0.1) is 5.52 Å². The van der Waals surface area contributed by atoms with Crippen molar-refractivity contribution in [1.29, 1.82) is 0 Å². The topological polar surface area (TPSA) is 68.7 Å². The zero-order valence-electron chi connectivity index (χ0n) is 12.8. The van der Waals surface area contributed by atoms with Gasteiger partial charge in [0.1, 0.15) is 17.3 Å². The van der Waals surface area contributed by atoms with E-state index in [4.69, 9.17) is 14.6 Å². The van der Waals surface area contributed by atoms with Gasteiger partial charge in [-0.2, -0.15) is 0 Å². The van der Waals surface area contributed by atoms with Crippen molar-refractivity contribution in [1.82, 2.24) is 4.98 Å². The Hall–Kier alpha value is -3.15. The van der Waals surface area contributed by atoms with Crippen LogP contribution in [0.25, 0.3) is 10.9 Å². The van der Waals surface area contributed by atoms with Crippen molar-refractivity contribution in [3.05, 3.63) is 60.4 Å². The van der Waals surface area contributed by atoms with E-state index in [1.54, 1.807) is 42.5 Å². The fourth-order valence-electron chi connectivity index (χ4n) is 2.09. The van der Waals surface area contributed by atoms with Gasteiger partial charge in [-0.25, -0.2) is 14.2 Å². The Balaban J connectivity index is 1.75. The first-order chi connectivity index (χ1) is 11.5. The molecule has 0 aliphatic heterocycles. The average Bonchev–Trinajstić information content (AvgIpc) is 2.56. The molecular weight excluding hydrogens is 313 g/mol. The largest absolute Gasteiger partial charge is 0.479 e. The van der Waals surface area contributed by atoms with Gasteiger partial charge in [0.15, 0.2) is 6.10 Å². The van der Waals surface area contributed by atoms with Gasteiger partial charge < -0.3 is 14.6 Å². The lowest BCUT2D eigenvalue weighted by Gasteiger charge is -2.11. The normalized spacial score (nSPS) is 11.9. The molecule has 2 aromatic carbocycles. The second-order valence-electron chi connectivity index (χ2n) is 5.16. The first kappa shape index (κ1) is 15.7. The van der Waals surface area contributed by atoms with Gasteiger partial charge in [-0.15, -0.1) is 0 Å². The van der Waals surface area contributed by atoms with E-state index in [1.807, 2.05) is 0 Å². The van der Waals surface area contributed by atoms with Crippen LogP contribution in [-0.4, -0.2) is 22.2 Å². The van der Waals surface area contributed by atoms with Crippen molar-refractivity contribution in [2.24, 2.45) is 0 Å². The summed E-state index contributed by atoms with van der Waals surface area (Å²) >= 11 is 0. The number of nitrogens with zero attached hydrogens (tertiary/aromatic N) is 1. The van der Waals surface area contributed by atoms with Crippen LogP contribution in [0.4, 0.5) is 4.39 Å². The lowest BCUT2D eigenvalue weighted by Crippen LogP contribution is -2.22. The molecule has 0 saturated heterocycles. The number of halogens is 1. The highest BCUT2D eigenvalue weighted by atomic mass is 19.1. The summed E-state index contributed by atoms with van der Waals surface area (Å²) in [4.78, 5) is 15.0. The molecule has 1 N–H and O–H groups in total. The summed E-state index contributed by atoms with van der Waals surface area (Å²) < 4.78 is 24.1. The van der Waals surface area contributed by atoms with E-state index >= 15 is 0 Å². The molecule has 0 unspecified atom stereocenters. The number of aromatic nitrogens is 1. The molecule has 0 aliphatic carbocycles. The number of aliphatic carboxylic acids is 1. The summed E-state index contributed by atoms with van der Waals surface area (Å²) in [5.74, 6) is -0.135. The average molecular weight is 327 g/mol. The second-order valence-corrected chi connectivity index (χ2v) is 5.16. The van der Waals surface area contributed by atoms with Crippen LogP contribution in [0.1, 0.15) is 6.92 Å². The third-order valence-electron chi connectivity index (χ3n) is 3.34. The number of hydrogen-bond acceptors (Lipinski definition) is 4. The molecule has 0 aliphatic rings. The van der Waals surface area contributed by atoms with Crippen molar-refractivity contribution in [3.8, 4) is 17.4 Å². The summed E-state index contributed by atoms with van der Waals surface area (Å²) in [6.45, 7) is 1.45. The van der Waals surface area contributed by atoms with Crippen molar-refractivity contribution in [2.45, 2.75) is 13.0 Å². The maximum Gasteiger partial charge on any atom is 0.344 e. The number of carboxylic acid groups (broad SMARTS) is 1. The maximum atomic E-state index is 13.3. The Morgan fingerprint density at radius 1 is 1.08 bits per heavy atom. The molecule has 0 fully saturated rings. The number of pyridine rings is 1.